The molecule has 0 aromatic carbocycles. The van der Waals surface area contributed by atoms with E-state index in [9.17, 15) is 0 Å². The van der Waals surface area contributed by atoms with Crippen LogP contribution in [-0.2, 0) is 0 Å². The summed E-state index contributed by atoms with van der Waals surface area (Å²) in [6.07, 6.45) is 4.49. The van der Waals surface area contributed by atoms with Gasteiger partial charge in [0.2, 0.25) is 0 Å². The molecular formula is C6H9. The molecule has 0 amide bonds. The molecule has 0 bridgehead atoms. The van der Waals surface area contributed by atoms with Gasteiger partial charge < -0.3 is 0 Å². The van der Waals surface area contributed by atoms with Crippen molar-refractivity contribution in [1.82, 2.24) is 0 Å². The summed E-state index contributed by atoms with van der Waals surface area (Å²) >= 11 is 0. The van der Waals surface area contributed by atoms with Gasteiger partial charge in [0, 0.05) is 0 Å². The van der Waals surface area contributed by atoms with E-state index in [1.807, 2.05) is 0 Å². The van der Waals surface area contributed by atoms with Gasteiger partial charge in [0.1, 0.15) is 0 Å². The fourth-order valence-corrected chi connectivity index (χ4v) is 1.22. The van der Waals surface area contributed by atoms with Crippen molar-refractivity contribution < 1.29 is 0 Å². The maximum Gasteiger partial charge on any atom is -0.0204 e. The molecule has 0 unspecified atom stereocenters. The Bertz CT molecular complexity index is 80.0. The molecule has 0 heterocycles. The van der Waals surface area contributed by atoms with Gasteiger partial charge in [-0.1, -0.05) is 6.92 Å². The first-order chi connectivity index (χ1) is 2.83. The summed E-state index contributed by atoms with van der Waals surface area (Å²) in [5.74, 6) is 1.77. The van der Waals surface area contributed by atoms with E-state index < -0.39 is 0 Å². The van der Waals surface area contributed by atoms with Crippen molar-refractivity contribution in [2.75, 3.05) is 0 Å². The minimum absolute atomic E-state index is 0.875. The van der Waals surface area contributed by atoms with Gasteiger partial charge in [0.15, 0.2) is 0 Å². The van der Waals surface area contributed by atoms with Crippen molar-refractivity contribution in [2.45, 2.75) is 26.2 Å². The second-order valence-corrected chi connectivity index (χ2v) is 2.74. The number of rotatable bonds is 0. The van der Waals surface area contributed by atoms with Gasteiger partial charge >= 0.3 is 0 Å². The molecule has 0 nitrogen and oxygen atoms in total. The summed E-state index contributed by atoms with van der Waals surface area (Å²) < 4.78 is 0. The van der Waals surface area contributed by atoms with Gasteiger partial charge in [0.05, 0.1) is 0 Å². The van der Waals surface area contributed by atoms with Crippen LogP contribution in [0.4, 0.5) is 0 Å². The zero-order chi connectivity index (χ0) is 4.20. The topological polar surface area (TPSA) is 0 Å². The van der Waals surface area contributed by atoms with Gasteiger partial charge in [-0.2, -0.15) is 0 Å². The zero-order valence-corrected chi connectivity index (χ0v) is 4.12. The van der Waals surface area contributed by atoms with E-state index in [4.69, 9.17) is 0 Å². The lowest BCUT2D eigenvalue weighted by atomic mass is 10.3. The zero-order valence-electron chi connectivity index (χ0n) is 4.12. The van der Waals surface area contributed by atoms with Crippen LogP contribution in [0.15, 0.2) is 0 Å². The Kier molecular flexibility index (Phi) is 0.283. The second kappa shape index (κ2) is 0.556. The summed E-state index contributed by atoms with van der Waals surface area (Å²) in [5.41, 5.74) is 0.875. The molecule has 0 aromatic rings. The molecule has 1 radical (unpaired) electrons. The van der Waals surface area contributed by atoms with Crippen molar-refractivity contribution >= 4 is 0 Å². The second-order valence-electron chi connectivity index (χ2n) is 2.74. The van der Waals surface area contributed by atoms with E-state index in [1.165, 1.54) is 19.3 Å². The molecule has 2 fully saturated rings. The van der Waals surface area contributed by atoms with E-state index in [1.54, 1.807) is 5.92 Å². The predicted octanol–water partition coefficient (Wildman–Crippen LogP) is 1.76. The standard InChI is InChI=1S/C6H9/c1-5-4-6(5)2-3-6/h2-4H2,1H3. The maximum atomic E-state index is 2.28. The Morgan fingerprint density at radius 2 is 2.00 bits per heavy atom. The molecule has 2 rings (SSSR count). The fraction of sp³-hybridized carbons (Fsp3) is 0.833. The van der Waals surface area contributed by atoms with Crippen molar-refractivity contribution in [1.29, 1.82) is 0 Å². The SMILES string of the molecule is C[C]1CC12CC2. The number of hydrogen-bond donors (Lipinski definition) is 0. The molecule has 0 aliphatic heterocycles. The molecule has 0 N–H and O–H groups in total. The van der Waals surface area contributed by atoms with Gasteiger partial charge in [-0.15, -0.1) is 0 Å². The fourth-order valence-electron chi connectivity index (χ4n) is 1.22. The van der Waals surface area contributed by atoms with E-state index in [0.29, 0.717) is 0 Å². The molecule has 2 aliphatic carbocycles. The summed E-state index contributed by atoms with van der Waals surface area (Å²) in [4.78, 5) is 0. The summed E-state index contributed by atoms with van der Waals surface area (Å²) in [5, 5.41) is 0. The lowest BCUT2D eigenvalue weighted by Gasteiger charge is -1.71. The lowest BCUT2D eigenvalue weighted by Crippen LogP contribution is -1.62. The highest BCUT2D eigenvalue weighted by Crippen LogP contribution is 2.71. The summed E-state index contributed by atoms with van der Waals surface area (Å²) in [6, 6.07) is 0. The van der Waals surface area contributed by atoms with Crippen molar-refractivity contribution in [3.63, 3.8) is 0 Å². The van der Waals surface area contributed by atoms with Crippen molar-refractivity contribution in [2.24, 2.45) is 5.41 Å². The highest BCUT2D eigenvalue weighted by atomic mass is 14.6. The Morgan fingerprint density at radius 3 is 2.00 bits per heavy atom. The van der Waals surface area contributed by atoms with Crippen LogP contribution in [-0.4, -0.2) is 0 Å². The first-order valence-electron chi connectivity index (χ1n) is 2.66. The highest BCUT2D eigenvalue weighted by Gasteiger charge is 2.60. The smallest absolute Gasteiger partial charge is 0.0204 e. The summed E-state index contributed by atoms with van der Waals surface area (Å²) in [7, 11) is 0. The van der Waals surface area contributed by atoms with Crippen LogP contribution in [0.3, 0.4) is 0 Å². The normalized spacial score (nSPS) is 37.5. The van der Waals surface area contributed by atoms with Crippen molar-refractivity contribution in [3.05, 3.63) is 5.92 Å². The van der Waals surface area contributed by atoms with Crippen LogP contribution >= 0.6 is 0 Å². The Labute approximate surface area is 38.6 Å². The number of hydrogen-bond acceptors (Lipinski definition) is 0. The van der Waals surface area contributed by atoms with Crippen LogP contribution in [0.5, 0.6) is 0 Å². The minimum Gasteiger partial charge on any atom is -0.0585 e. The summed E-state index contributed by atoms with van der Waals surface area (Å²) in [6.45, 7) is 2.28. The van der Waals surface area contributed by atoms with Gasteiger partial charge in [-0.05, 0) is 30.6 Å². The first-order valence-corrected chi connectivity index (χ1v) is 2.66. The third-order valence-electron chi connectivity index (χ3n) is 2.24. The van der Waals surface area contributed by atoms with E-state index in [0.717, 1.165) is 5.41 Å². The predicted molar refractivity (Wildman–Crippen MR) is 25.2 cm³/mol. The largest absolute Gasteiger partial charge is 0.0585 e. The average Bonchev–Trinajstić information content (AvgIpc) is 2.25. The maximum absolute atomic E-state index is 2.28. The van der Waals surface area contributed by atoms with Crippen LogP contribution in [0, 0.1) is 11.3 Å². The van der Waals surface area contributed by atoms with Gasteiger partial charge in [0.25, 0.3) is 0 Å². The van der Waals surface area contributed by atoms with Crippen LogP contribution in [0.2, 0.25) is 0 Å². The quantitative estimate of drug-likeness (QED) is 0.417. The van der Waals surface area contributed by atoms with Crippen molar-refractivity contribution in [3.8, 4) is 0 Å². The minimum atomic E-state index is 0.875. The molecule has 1 spiro atoms. The molecule has 0 atom stereocenters. The highest BCUT2D eigenvalue weighted by molar-refractivity contribution is 5.29. The molecule has 2 aliphatic rings. The monoisotopic (exact) mass is 81.1 g/mol. The molecular weight excluding hydrogens is 72.1 g/mol. The molecule has 0 saturated heterocycles. The third kappa shape index (κ3) is 0.184. The molecule has 33 valence electrons. The molecule has 0 aromatic heterocycles. The third-order valence-corrected chi connectivity index (χ3v) is 2.24. The average molecular weight is 81.1 g/mol. The Morgan fingerprint density at radius 1 is 1.50 bits per heavy atom. The molecule has 2 saturated carbocycles. The first kappa shape index (κ1) is 3.06. The molecule has 6 heavy (non-hydrogen) atoms. The van der Waals surface area contributed by atoms with E-state index in [-0.39, 0.29) is 0 Å². The van der Waals surface area contributed by atoms with E-state index >= 15 is 0 Å². The van der Waals surface area contributed by atoms with Crippen LogP contribution in [0.25, 0.3) is 0 Å². The molecule has 0 heteroatoms. The van der Waals surface area contributed by atoms with Crippen LogP contribution in [0.1, 0.15) is 26.2 Å². The van der Waals surface area contributed by atoms with Gasteiger partial charge in [-0.3, -0.25) is 0 Å². The Balaban J connectivity index is 2.17. The van der Waals surface area contributed by atoms with Gasteiger partial charge in [-0.25, -0.2) is 0 Å². The lowest BCUT2D eigenvalue weighted by molar-refractivity contribution is 0.908. The van der Waals surface area contributed by atoms with E-state index in [2.05, 4.69) is 6.92 Å². The Hall–Kier alpha value is 0. The van der Waals surface area contributed by atoms with Crippen LogP contribution < -0.4 is 0 Å².